The Hall–Kier alpha value is 0. The first kappa shape index (κ1) is 17.0. The smallest absolute Gasteiger partial charge is 0.0383 e. The zero-order chi connectivity index (χ0) is 13.1. The molecule has 0 N–H and O–H groups in total. The monoisotopic (exact) mass is 240 g/mol. The molecule has 0 aliphatic rings. The number of rotatable bonds is 10. The fourth-order valence-electron chi connectivity index (χ4n) is 2.50. The highest BCUT2D eigenvalue weighted by Gasteiger charge is 2.10. The summed E-state index contributed by atoms with van der Waals surface area (Å²) in [5.41, 5.74) is 0.531. The quantitative estimate of drug-likeness (QED) is 0.378. The van der Waals surface area contributed by atoms with Gasteiger partial charge in [-0.05, 0) is 17.8 Å². The highest BCUT2D eigenvalue weighted by Crippen LogP contribution is 2.25. The summed E-state index contributed by atoms with van der Waals surface area (Å²) in [5, 5.41) is 0. The molecule has 0 radical (unpaired) electrons. The molecule has 1 unspecified atom stereocenters. The van der Waals surface area contributed by atoms with Crippen molar-refractivity contribution in [1.82, 2.24) is 0 Å². The van der Waals surface area contributed by atoms with Crippen LogP contribution in [-0.4, -0.2) is 0 Å². The molecule has 0 nitrogen and oxygen atoms in total. The van der Waals surface area contributed by atoms with Crippen LogP contribution in [0.2, 0.25) is 0 Å². The summed E-state index contributed by atoms with van der Waals surface area (Å²) in [7, 11) is 0. The summed E-state index contributed by atoms with van der Waals surface area (Å²) in [5.74, 6) is 1.01. The van der Waals surface area contributed by atoms with Crippen LogP contribution in [0.1, 0.15) is 98.8 Å². The van der Waals surface area contributed by atoms with Crippen molar-refractivity contribution in [3.8, 4) is 0 Å². The average Bonchev–Trinajstić information content (AvgIpc) is 2.25. The molecule has 0 bridgehead atoms. The Morgan fingerprint density at radius 1 is 0.765 bits per heavy atom. The standard InChI is InChI=1S/C17H36/c1-6-8-9-10-13-16(7-2)14-11-12-15-17(3,4)5/h16H,6-15H2,1-5H3. The van der Waals surface area contributed by atoms with Crippen molar-refractivity contribution in [3.05, 3.63) is 0 Å². The molecule has 0 aromatic heterocycles. The van der Waals surface area contributed by atoms with Gasteiger partial charge < -0.3 is 0 Å². The number of hydrogen-bond donors (Lipinski definition) is 0. The summed E-state index contributed by atoms with van der Waals surface area (Å²) < 4.78 is 0. The van der Waals surface area contributed by atoms with E-state index in [1.165, 1.54) is 64.2 Å². The van der Waals surface area contributed by atoms with Gasteiger partial charge in [0.2, 0.25) is 0 Å². The molecule has 0 spiro atoms. The van der Waals surface area contributed by atoms with Gasteiger partial charge in [-0.2, -0.15) is 0 Å². The molecule has 0 amide bonds. The number of hydrogen-bond acceptors (Lipinski definition) is 0. The van der Waals surface area contributed by atoms with E-state index in [1.54, 1.807) is 0 Å². The Morgan fingerprint density at radius 3 is 1.82 bits per heavy atom. The second-order valence-electron chi connectivity index (χ2n) is 6.93. The second-order valence-corrected chi connectivity index (χ2v) is 6.93. The van der Waals surface area contributed by atoms with Gasteiger partial charge in [-0.15, -0.1) is 0 Å². The van der Waals surface area contributed by atoms with Gasteiger partial charge in [0.1, 0.15) is 0 Å². The lowest BCUT2D eigenvalue weighted by molar-refractivity contribution is 0.336. The maximum absolute atomic E-state index is 2.37. The Labute approximate surface area is 111 Å². The van der Waals surface area contributed by atoms with Crippen LogP contribution in [0.3, 0.4) is 0 Å². The molecule has 0 rings (SSSR count). The van der Waals surface area contributed by atoms with Gasteiger partial charge in [-0.3, -0.25) is 0 Å². The molecule has 0 aromatic carbocycles. The summed E-state index contributed by atoms with van der Waals surface area (Å²) in [4.78, 5) is 0. The van der Waals surface area contributed by atoms with E-state index in [0.717, 1.165) is 5.92 Å². The summed E-state index contributed by atoms with van der Waals surface area (Å²) in [6.45, 7) is 11.7. The van der Waals surface area contributed by atoms with Crippen LogP contribution in [-0.2, 0) is 0 Å². The van der Waals surface area contributed by atoms with E-state index in [0.29, 0.717) is 5.41 Å². The van der Waals surface area contributed by atoms with Crippen molar-refractivity contribution in [1.29, 1.82) is 0 Å². The Kier molecular flexibility index (Phi) is 9.97. The van der Waals surface area contributed by atoms with Gasteiger partial charge >= 0.3 is 0 Å². The predicted octanol–water partition coefficient (Wildman–Crippen LogP) is 6.59. The Balaban J connectivity index is 3.47. The highest BCUT2D eigenvalue weighted by molar-refractivity contribution is 4.63. The molecule has 0 saturated carbocycles. The van der Waals surface area contributed by atoms with Crippen LogP contribution < -0.4 is 0 Å². The van der Waals surface area contributed by atoms with Crippen molar-refractivity contribution in [2.24, 2.45) is 11.3 Å². The van der Waals surface area contributed by atoms with Crippen molar-refractivity contribution in [3.63, 3.8) is 0 Å². The maximum atomic E-state index is 2.37. The third-order valence-electron chi connectivity index (χ3n) is 3.83. The van der Waals surface area contributed by atoms with E-state index in [2.05, 4.69) is 34.6 Å². The average molecular weight is 240 g/mol. The van der Waals surface area contributed by atoms with E-state index in [9.17, 15) is 0 Å². The SMILES string of the molecule is CCCCCCC(CC)CCCCC(C)(C)C. The third kappa shape index (κ3) is 12.2. The van der Waals surface area contributed by atoms with Crippen molar-refractivity contribution >= 4 is 0 Å². The van der Waals surface area contributed by atoms with Crippen LogP contribution in [0.25, 0.3) is 0 Å². The van der Waals surface area contributed by atoms with Crippen LogP contribution in [0, 0.1) is 11.3 Å². The number of unbranched alkanes of at least 4 members (excludes halogenated alkanes) is 4. The van der Waals surface area contributed by atoms with Gasteiger partial charge in [0.15, 0.2) is 0 Å². The molecular formula is C17H36. The molecule has 0 aliphatic carbocycles. The third-order valence-corrected chi connectivity index (χ3v) is 3.83. The zero-order valence-electron chi connectivity index (χ0n) is 13.1. The lowest BCUT2D eigenvalue weighted by atomic mass is 9.87. The van der Waals surface area contributed by atoms with Gasteiger partial charge in [0, 0.05) is 0 Å². The molecule has 1 atom stereocenters. The Morgan fingerprint density at radius 2 is 1.35 bits per heavy atom. The van der Waals surface area contributed by atoms with Gasteiger partial charge in [0.05, 0.1) is 0 Å². The Bertz CT molecular complexity index is 152. The van der Waals surface area contributed by atoms with Crippen LogP contribution in [0.4, 0.5) is 0 Å². The molecule has 0 aromatic rings. The predicted molar refractivity (Wildman–Crippen MR) is 80.5 cm³/mol. The van der Waals surface area contributed by atoms with E-state index in [4.69, 9.17) is 0 Å². The van der Waals surface area contributed by atoms with Gasteiger partial charge in [-0.1, -0.05) is 92.4 Å². The van der Waals surface area contributed by atoms with Gasteiger partial charge in [0.25, 0.3) is 0 Å². The molecule has 0 saturated heterocycles. The molecular weight excluding hydrogens is 204 g/mol. The van der Waals surface area contributed by atoms with Crippen molar-refractivity contribution in [2.45, 2.75) is 98.8 Å². The maximum Gasteiger partial charge on any atom is -0.0383 e. The molecule has 0 heteroatoms. The summed E-state index contributed by atoms with van der Waals surface area (Å²) in [6.07, 6.45) is 14.3. The highest BCUT2D eigenvalue weighted by atomic mass is 14.2. The molecule has 0 aliphatic heterocycles. The molecule has 0 fully saturated rings. The fraction of sp³-hybridized carbons (Fsp3) is 1.00. The largest absolute Gasteiger partial charge is 0.0654 e. The lowest BCUT2D eigenvalue weighted by Crippen LogP contribution is -2.05. The first-order chi connectivity index (χ1) is 7.99. The molecule has 0 heterocycles. The van der Waals surface area contributed by atoms with Gasteiger partial charge in [-0.25, -0.2) is 0 Å². The van der Waals surface area contributed by atoms with Crippen LogP contribution in [0.5, 0.6) is 0 Å². The summed E-state index contributed by atoms with van der Waals surface area (Å²) in [6, 6.07) is 0. The lowest BCUT2D eigenvalue weighted by Gasteiger charge is -2.19. The van der Waals surface area contributed by atoms with E-state index in [1.807, 2.05) is 0 Å². The zero-order valence-corrected chi connectivity index (χ0v) is 13.1. The van der Waals surface area contributed by atoms with Crippen LogP contribution in [0.15, 0.2) is 0 Å². The van der Waals surface area contributed by atoms with E-state index >= 15 is 0 Å². The van der Waals surface area contributed by atoms with Crippen molar-refractivity contribution in [2.75, 3.05) is 0 Å². The summed E-state index contributed by atoms with van der Waals surface area (Å²) >= 11 is 0. The first-order valence-corrected chi connectivity index (χ1v) is 7.99. The molecule has 104 valence electrons. The van der Waals surface area contributed by atoms with E-state index < -0.39 is 0 Å². The minimum Gasteiger partial charge on any atom is -0.0654 e. The minimum absolute atomic E-state index is 0.531. The van der Waals surface area contributed by atoms with E-state index in [-0.39, 0.29) is 0 Å². The van der Waals surface area contributed by atoms with Crippen molar-refractivity contribution < 1.29 is 0 Å². The topological polar surface area (TPSA) is 0 Å². The first-order valence-electron chi connectivity index (χ1n) is 7.99. The second kappa shape index (κ2) is 9.97. The molecule has 17 heavy (non-hydrogen) atoms. The van der Waals surface area contributed by atoms with Crippen LogP contribution >= 0.6 is 0 Å². The normalized spacial score (nSPS) is 13.9. The fourth-order valence-corrected chi connectivity index (χ4v) is 2.50. The minimum atomic E-state index is 0.531.